The van der Waals surface area contributed by atoms with E-state index in [9.17, 15) is 8.78 Å². The van der Waals surface area contributed by atoms with Gasteiger partial charge in [0.05, 0.1) is 18.2 Å². The average Bonchev–Trinajstić information content (AvgIpc) is 2.60. The first-order valence-corrected chi connectivity index (χ1v) is 5.72. The van der Waals surface area contributed by atoms with Gasteiger partial charge >= 0.3 is 0 Å². The van der Waals surface area contributed by atoms with Gasteiger partial charge < -0.3 is 0 Å². The van der Waals surface area contributed by atoms with E-state index in [1.54, 1.807) is 6.92 Å². The number of nitriles is 1. The zero-order valence-electron chi connectivity index (χ0n) is 9.00. The Bertz CT molecular complexity index is 599. The van der Waals surface area contributed by atoms with Gasteiger partial charge in [-0.3, -0.25) is 0 Å². The number of hydrogen-bond donors (Lipinski definition) is 0. The Balaban J connectivity index is 2.47. The fourth-order valence-corrected chi connectivity index (χ4v) is 2.46. The molecular weight excluding hydrogens is 242 g/mol. The van der Waals surface area contributed by atoms with Crippen molar-refractivity contribution in [2.24, 2.45) is 0 Å². The van der Waals surface area contributed by atoms with Crippen LogP contribution in [0.15, 0.2) is 18.2 Å². The van der Waals surface area contributed by atoms with Gasteiger partial charge in [0.25, 0.3) is 0 Å². The van der Waals surface area contributed by atoms with Crippen molar-refractivity contribution in [3.63, 3.8) is 0 Å². The lowest BCUT2D eigenvalue weighted by atomic mass is 10.2. The minimum Gasteiger partial charge on any atom is -0.241 e. The van der Waals surface area contributed by atoms with Crippen LogP contribution in [0.2, 0.25) is 0 Å². The van der Waals surface area contributed by atoms with Crippen LogP contribution in [0, 0.1) is 29.9 Å². The van der Waals surface area contributed by atoms with Crippen LogP contribution in [0.3, 0.4) is 0 Å². The number of benzene rings is 1. The van der Waals surface area contributed by atoms with Crippen molar-refractivity contribution in [3.8, 4) is 16.6 Å². The highest BCUT2D eigenvalue weighted by atomic mass is 32.1. The fraction of sp³-hybridized carbons (Fsp3) is 0.167. The highest BCUT2D eigenvalue weighted by Gasteiger charge is 2.13. The molecule has 0 radical (unpaired) electrons. The number of halogens is 2. The predicted molar refractivity (Wildman–Crippen MR) is 61.5 cm³/mol. The van der Waals surface area contributed by atoms with Crippen molar-refractivity contribution in [2.75, 3.05) is 0 Å². The van der Waals surface area contributed by atoms with E-state index in [-0.39, 0.29) is 12.0 Å². The second kappa shape index (κ2) is 4.60. The minimum atomic E-state index is -0.637. The van der Waals surface area contributed by atoms with Crippen molar-refractivity contribution in [2.45, 2.75) is 13.3 Å². The molecule has 0 saturated carbocycles. The topological polar surface area (TPSA) is 36.7 Å². The molecule has 86 valence electrons. The van der Waals surface area contributed by atoms with Gasteiger partial charge in [0, 0.05) is 16.5 Å². The van der Waals surface area contributed by atoms with Crippen LogP contribution in [0.1, 0.15) is 10.6 Å². The molecule has 1 aromatic heterocycles. The molecule has 5 heteroatoms. The summed E-state index contributed by atoms with van der Waals surface area (Å²) in [7, 11) is 0. The molecule has 1 heterocycles. The number of hydrogen-bond acceptors (Lipinski definition) is 3. The second-order valence-corrected chi connectivity index (χ2v) is 4.57. The number of thiazole rings is 1. The Hall–Kier alpha value is -1.80. The molecule has 0 bridgehead atoms. The molecular formula is C12H8F2N2S. The quantitative estimate of drug-likeness (QED) is 0.818. The first-order chi connectivity index (χ1) is 8.11. The summed E-state index contributed by atoms with van der Waals surface area (Å²) >= 11 is 1.26. The van der Waals surface area contributed by atoms with Crippen LogP contribution in [-0.2, 0) is 6.42 Å². The third-order valence-electron chi connectivity index (χ3n) is 2.29. The molecule has 2 aromatic rings. The lowest BCUT2D eigenvalue weighted by molar-refractivity contribution is 0.585. The van der Waals surface area contributed by atoms with Gasteiger partial charge in [-0.25, -0.2) is 13.8 Å². The molecule has 0 atom stereocenters. The Morgan fingerprint density at radius 2 is 2.18 bits per heavy atom. The molecule has 2 rings (SSSR count). The Morgan fingerprint density at radius 1 is 1.41 bits per heavy atom. The van der Waals surface area contributed by atoms with Crippen LogP contribution >= 0.6 is 11.3 Å². The van der Waals surface area contributed by atoms with Crippen LogP contribution in [0.4, 0.5) is 8.78 Å². The van der Waals surface area contributed by atoms with E-state index in [1.807, 2.05) is 6.07 Å². The smallest absolute Gasteiger partial charge is 0.136 e. The fourth-order valence-electron chi connectivity index (χ4n) is 1.44. The molecule has 0 aliphatic carbocycles. The second-order valence-electron chi connectivity index (χ2n) is 3.49. The Labute approximate surface area is 101 Å². The van der Waals surface area contributed by atoms with Gasteiger partial charge in [0.2, 0.25) is 0 Å². The SMILES string of the molecule is Cc1nc(-c2ccc(F)cc2F)sc1CC#N. The van der Waals surface area contributed by atoms with E-state index in [4.69, 9.17) is 5.26 Å². The van der Waals surface area contributed by atoms with E-state index < -0.39 is 11.6 Å². The summed E-state index contributed by atoms with van der Waals surface area (Å²) in [5.41, 5.74) is 0.985. The monoisotopic (exact) mass is 250 g/mol. The standard InChI is InChI=1S/C12H8F2N2S/c1-7-11(4-5-15)17-12(16-7)9-3-2-8(13)6-10(9)14/h2-3,6H,4H2,1H3. The molecule has 0 aliphatic heterocycles. The van der Waals surface area contributed by atoms with Gasteiger partial charge in [-0.15, -0.1) is 11.3 Å². The molecule has 17 heavy (non-hydrogen) atoms. The van der Waals surface area contributed by atoms with Crippen LogP contribution < -0.4 is 0 Å². The number of aryl methyl sites for hydroxylation is 1. The van der Waals surface area contributed by atoms with E-state index in [1.165, 1.54) is 23.5 Å². The zero-order valence-corrected chi connectivity index (χ0v) is 9.81. The maximum atomic E-state index is 13.5. The summed E-state index contributed by atoms with van der Waals surface area (Å²) < 4.78 is 26.3. The molecule has 0 saturated heterocycles. The van der Waals surface area contributed by atoms with Crippen LogP contribution in [-0.4, -0.2) is 4.98 Å². The molecule has 0 unspecified atom stereocenters. The van der Waals surface area contributed by atoms with Crippen LogP contribution in [0.25, 0.3) is 10.6 Å². The Morgan fingerprint density at radius 3 is 2.82 bits per heavy atom. The molecule has 0 amide bonds. The maximum Gasteiger partial charge on any atom is 0.136 e. The normalized spacial score (nSPS) is 10.2. The molecule has 0 aliphatic rings. The summed E-state index contributed by atoms with van der Waals surface area (Å²) in [5.74, 6) is -1.25. The van der Waals surface area contributed by atoms with Gasteiger partial charge in [0.15, 0.2) is 0 Å². The average molecular weight is 250 g/mol. The zero-order chi connectivity index (χ0) is 12.4. The predicted octanol–water partition coefficient (Wildman–Crippen LogP) is 3.46. The van der Waals surface area contributed by atoms with Gasteiger partial charge in [-0.2, -0.15) is 5.26 Å². The highest BCUT2D eigenvalue weighted by Crippen LogP contribution is 2.30. The summed E-state index contributed by atoms with van der Waals surface area (Å²) in [6, 6.07) is 5.41. The van der Waals surface area contributed by atoms with Crippen molar-refractivity contribution in [3.05, 3.63) is 40.4 Å². The van der Waals surface area contributed by atoms with Crippen molar-refractivity contribution in [1.29, 1.82) is 5.26 Å². The largest absolute Gasteiger partial charge is 0.241 e. The number of nitrogens with zero attached hydrogens (tertiary/aromatic N) is 2. The first-order valence-electron chi connectivity index (χ1n) is 4.90. The molecule has 0 fully saturated rings. The summed E-state index contributed by atoms with van der Waals surface area (Å²) in [4.78, 5) is 5.01. The number of aromatic nitrogens is 1. The van der Waals surface area contributed by atoms with E-state index >= 15 is 0 Å². The van der Waals surface area contributed by atoms with Gasteiger partial charge in [0.1, 0.15) is 16.6 Å². The summed E-state index contributed by atoms with van der Waals surface area (Å²) in [5, 5.41) is 9.10. The lowest BCUT2D eigenvalue weighted by Gasteiger charge is -1.98. The van der Waals surface area contributed by atoms with Crippen molar-refractivity contribution >= 4 is 11.3 Å². The highest BCUT2D eigenvalue weighted by molar-refractivity contribution is 7.15. The lowest BCUT2D eigenvalue weighted by Crippen LogP contribution is -1.85. The minimum absolute atomic E-state index is 0.256. The van der Waals surface area contributed by atoms with Crippen LogP contribution in [0.5, 0.6) is 0 Å². The molecule has 1 aromatic carbocycles. The van der Waals surface area contributed by atoms with Crippen molar-refractivity contribution < 1.29 is 8.78 Å². The van der Waals surface area contributed by atoms with E-state index in [0.717, 1.165) is 16.6 Å². The summed E-state index contributed by atoms with van der Waals surface area (Å²) in [6.07, 6.45) is 0.256. The molecule has 0 spiro atoms. The summed E-state index contributed by atoms with van der Waals surface area (Å²) in [6.45, 7) is 1.77. The van der Waals surface area contributed by atoms with Gasteiger partial charge in [-0.05, 0) is 19.1 Å². The molecule has 0 N–H and O–H groups in total. The number of rotatable bonds is 2. The van der Waals surface area contributed by atoms with Gasteiger partial charge in [-0.1, -0.05) is 0 Å². The first kappa shape index (κ1) is 11.7. The third-order valence-corrected chi connectivity index (χ3v) is 3.48. The Kier molecular flexibility index (Phi) is 3.16. The maximum absolute atomic E-state index is 13.5. The van der Waals surface area contributed by atoms with Crippen molar-refractivity contribution in [1.82, 2.24) is 4.98 Å². The third kappa shape index (κ3) is 2.32. The molecule has 2 nitrogen and oxygen atoms in total. The van der Waals surface area contributed by atoms with E-state index in [2.05, 4.69) is 4.98 Å². The van der Waals surface area contributed by atoms with E-state index in [0.29, 0.717) is 5.01 Å².